The summed E-state index contributed by atoms with van der Waals surface area (Å²) >= 11 is 0. The summed E-state index contributed by atoms with van der Waals surface area (Å²) in [5.41, 5.74) is 8.30. The number of carbonyl (C=O) groups is 1. The summed E-state index contributed by atoms with van der Waals surface area (Å²) in [7, 11) is 0. The summed E-state index contributed by atoms with van der Waals surface area (Å²) < 4.78 is 0. The molecule has 1 fully saturated rings. The molecule has 0 spiro atoms. The molecule has 1 aromatic carbocycles. The molecule has 2 amide bonds. The minimum absolute atomic E-state index is 0.214. The van der Waals surface area contributed by atoms with Crippen molar-refractivity contribution in [3.8, 4) is 0 Å². The van der Waals surface area contributed by atoms with Gasteiger partial charge in [-0.3, -0.25) is 0 Å². The summed E-state index contributed by atoms with van der Waals surface area (Å²) in [6, 6.07) is 6.85. The summed E-state index contributed by atoms with van der Waals surface area (Å²) in [5.74, 6) is 0. The van der Waals surface area contributed by atoms with E-state index in [0.29, 0.717) is 5.69 Å². The number of nitrogens with two attached hydrogens (primary N) is 1. The van der Waals surface area contributed by atoms with Crippen LogP contribution in [0.2, 0.25) is 0 Å². The smallest absolute Gasteiger partial charge is 0.323 e. The molecule has 1 aliphatic carbocycles. The lowest BCUT2D eigenvalue weighted by atomic mass is 10.2. The Morgan fingerprint density at radius 3 is 2.47 bits per heavy atom. The number of urea groups is 1. The lowest BCUT2D eigenvalue weighted by molar-refractivity contribution is 0.255. The van der Waals surface area contributed by atoms with Gasteiger partial charge < -0.3 is 16.4 Å². The number of hydrogen-bond donors (Lipinski definition) is 3. The van der Waals surface area contributed by atoms with Gasteiger partial charge in [-0.2, -0.15) is 0 Å². The topological polar surface area (TPSA) is 67.1 Å². The Morgan fingerprint density at radius 2 is 1.82 bits per heavy atom. The third-order valence-corrected chi connectivity index (χ3v) is 2.82. The first-order chi connectivity index (χ1) is 8.24. The van der Waals surface area contributed by atoms with Crippen molar-refractivity contribution in [3.05, 3.63) is 36.0 Å². The van der Waals surface area contributed by atoms with Gasteiger partial charge in [0.1, 0.15) is 0 Å². The van der Waals surface area contributed by atoms with E-state index < -0.39 is 0 Å². The molecule has 1 aliphatic rings. The van der Waals surface area contributed by atoms with Crippen molar-refractivity contribution in [2.45, 2.75) is 25.7 Å². The Morgan fingerprint density at radius 1 is 1.18 bits per heavy atom. The summed E-state index contributed by atoms with van der Waals surface area (Å²) in [4.78, 5) is 11.6. The molecule has 4 N–H and O–H groups in total. The summed E-state index contributed by atoms with van der Waals surface area (Å²) in [6.45, 7) is 0. The highest BCUT2D eigenvalue weighted by atomic mass is 16.2. The maximum Gasteiger partial charge on any atom is 0.323 e. The predicted molar refractivity (Wildman–Crippen MR) is 69.6 cm³/mol. The van der Waals surface area contributed by atoms with Crippen molar-refractivity contribution >= 4 is 17.4 Å². The van der Waals surface area contributed by atoms with E-state index in [-0.39, 0.29) is 6.03 Å². The Labute approximate surface area is 101 Å². The maximum absolute atomic E-state index is 11.6. The molecular formula is C13H17N3O. The molecule has 0 heterocycles. The van der Waals surface area contributed by atoms with Gasteiger partial charge in [0, 0.05) is 17.6 Å². The Hall–Kier alpha value is -1.97. The number of amides is 2. The minimum Gasteiger partial charge on any atom is -0.399 e. The van der Waals surface area contributed by atoms with Crippen LogP contribution >= 0.6 is 0 Å². The van der Waals surface area contributed by atoms with Gasteiger partial charge in [-0.25, -0.2) is 4.79 Å². The first kappa shape index (κ1) is 11.5. The van der Waals surface area contributed by atoms with Crippen LogP contribution in [0.5, 0.6) is 0 Å². The first-order valence-corrected chi connectivity index (χ1v) is 5.85. The lowest BCUT2D eigenvalue weighted by Gasteiger charge is -2.05. The van der Waals surface area contributed by atoms with E-state index in [1.165, 1.54) is 18.4 Å². The average Bonchev–Trinajstić information content (AvgIpc) is 2.83. The van der Waals surface area contributed by atoms with Crippen molar-refractivity contribution < 1.29 is 4.79 Å². The van der Waals surface area contributed by atoms with Crippen molar-refractivity contribution in [3.63, 3.8) is 0 Å². The second-order valence-corrected chi connectivity index (χ2v) is 4.23. The van der Waals surface area contributed by atoms with E-state index in [1.54, 1.807) is 24.3 Å². The standard InChI is InChI=1S/C13H17N3O/c14-11-5-7-12(8-6-11)16-13(17)15-9-10-3-1-2-4-10/h5-9H,1-4,14H2,(H2,15,16,17). The highest BCUT2D eigenvalue weighted by Gasteiger charge is 2.06. The predicted octanol–water partition coefficient (Wildman–Crippen LogP) is 2.85. The average molecular weight is 231 g/mol. The van der Waals surface area contributed by atoms with Gasteiger partial charge in [0.05, 0.1) is 0 Å². The molecule has 0 atom stereocenters. The highest BCUT2D eigenvalue weighted by molar-refractivity contribution is 5.90. The van der Waals surface area contributed by atoms with E-state index in [4.69, 9.17) is 5.73 Å². The van der Waals surface area contributed by atoms with Crippen LogP contribution in [0, 0.1) is 0 Å². The SMILES string of the molecule is Nc1ccc(NC(=O)NC=C2CCCC2)cc1. The van der Waals surface area contributed by atoms with Crippen LogP contribution in [0.15, 0.2) is 36.0 Å². The van der Waals surface area contributed by atoms with Crippen LogP contribution < -0.4 is 16.4 Å². The quantitative estimate of drug-likeness (QED) is 0.685. The zero-order chi connectivity index (χ0) is 12.1. The summed E-state index contributed by atoms with van der Waals surface area (Å²) in [6.07, 6.45) is 6.48. The third-order valence-electron chi connectivity index (χ3n) is 2.82. The van der Waals surface area contributed by atoms with E-state index in [2.05, 4.69) is 10.6 Å². The number of nitrogen functional groups attached to an aromatic ring is 1. The Balaban J connectivity index is 1.84. The van der Waals surface area contributed by atoms with E-state index in [0.717, 1.165) is 18.5 Å². The second kappa shape index (κ2) is 5.39. The highest BCUT2D eigenvalue weighted by Crippen LogP contribution is 2.22. The van der Waals surface area contributed by atoms with E-state index in [1.807, 2.05) is 6.20 Å². The molecule has 2 rings (SSSR count). The fourth-order valence-corrected chi connectivity index (χ4v) is 1.87. The van der Waals surface area contributed by atoms with Gasteiger partial charge in [0.2, 0.25) is 0 Å². The van der Waals surface area contributed by atoms with Crippen molar-refractivity contribution in [2.24, 2.45) is 0 Å². The molecule has 0 radical (unpaired) electrons. The van der Waals surface area contributed by atoms with Gasteiger partial charge in [-0.1, -0.05) is 5.57 Å². The molecule has 1 aromatic rings. The molecule has 0 saturated heterocycles. The second-order valence-electron chi connectivity index (χ2n) is 4.23. The number of allylic oxidation sites excluding steroid dienone is 1. The van der Waals surface area contributed by atoms with Crippen molar-refractivity contribution in [2.75, 3.05) is 11.1 Å². The molecule has 0 aromatic heterocycles. The molecule has 90 valence electrons. The number of rotatable bonds is 2. The fourth-order valence-electron chi connectivity index (χ4n) is 1.87. The number of carbonyl (C=O) groups excluding carboxylic acids is 1. The molecular weight excluding hydrogens is 214 g/mol. The zero-order valence-corrected chi connectivity index (χ0v) is 9.70. The van der Waals surface area contributed by atoms with Crippen LogP contribution in [-0.2, 0) is 0 Å². The Bertz CT molecular complexity index is 415. The molecule has 4 nitrogen and oxygen atoms in total. The number of hydrogen-bond acceptors (Lipinski definition) is 2. The maximum atomic E-state index is 11.6. The molecule has 1 saturated carbocycles. The van der Waals surface area contributed by atoms with Crippen LogP contribution in [0.3, 0.4) is 0 Å². The van der Waals surface area contributed by atoms with Crippen LogP contribution in [0.25, 0.3) is 0 Å². The van der Waals surface area contributed by atoms with Gasteiger partial charge in [-0.05, 0) is 49.9 Å². The normalized spacial score (nSPS) is 14.5. The third kappa shape index (κ3) is 3.52. The first-order valence-electron chi connectivity index (χ1n) is 5.85. The number of anilines is 2. The summed E-state index contributed by atoms with van der Waals surface area (Å²) in [5, 5.41) is 5.49. The van der Waals surface area contributed by atoms with Crippen LogP contribution in [0.4, 0.5) is 16.2 Å². The van der Waals surface area contributed by atoms with Gasteiger partial charge in [0.25, 0.3) is 0 Å². The Kier molecular flexibility index (Phi) is 3.65. The monoisotopic (exact) mass is 231 g/mol. The minimum atomic E-state index is -0.214. The fraction of sp³-hybridized carbons (Fsp3) is 0.308. The van der Waals surface area contributed by atoms with Crippen LogP contribution in [0.1, 0.15) is 25.7 Å². The van der Waals surface area contributed by atoms with E-state index in [9.17, 15) is 4.79 Å². The van der Waals surface area contributed by atoms with Gasteiger partial charge in [-0.15, -0.1) is 0 Å². The number of benzene rings is 1. The lowest BCUT2D eigenvalue weighted by Crippen LogP contribution is -2.24. The van der Waals surface area contributed by atoms with Crippen molar-refractivity contribution in [1.82, 2.24) is 5.32 Å². The molecule has 0 unspecified atom stereocenters. The molecule has 17 heavy (non-hydrogen) atoms. The van der Waals surface area contributed by atoms with Gasteiger partial charge in [0.15, 0.2) is 0 Å². The van der Waals surface area contributed by atoms with Crippen molar-refractivity contribution in [1.29, 1.82) is 0 Å². The van der Waals surface area contributed by atoms with Crippen LogP contribution in [-0.4, -0.2) is 6.03 Å². The molecule has 0 bridgehead atoms. The van der Waals surface area contributed by atoms with Gasteiger partial charge >= 0.3 is 6.03 Å². The van der Waals surface area contributed by atoms with E-state index >= 15 is 0 Å². The number of nitrogens with one attached hydrogen (secondary N) is 2. The largest absolute Gasteiger partial charge is 0.399 e. The molecule has 4 heteroatoms. The zero-order valence-electron chi connectivity index (χ0n) is 9.70. The molecule has 0 aliphatic heterocycles.